The monoisotopic (exact) mass is 420 g/mol. The van der Waals surface area contributed by atoms with Crippen molar-refractivity contribution < 1.29 is 9.32 Å². The highest BCUT2D eigenvalue weighted by Crippen LogP contribution is 2.21. The van der Waals surface area contributed by atoms with Crippen molar-refractivity contribution in [3.63, 3.8) is 0 Å². The predicted octanol–water partition coefficient (Wildman–Crippen LogP) is 4.33. The molecule has 3 aromatic rings. The summed E-state index contributed by atoms with van der Waals surface area (Å²) in [6, 6.07) is 13.7. The van der Waals surface area contributed by atoms with Crippen LogP contribution in [0.4, 0.5) is 0 Å². The molecule has 1 amide bonds. The fourth-order valence-electron chi connectivity index (χ4n) is 3.18. The first kappa shape index (κ1) is 21.5. The van der Waals surface area contributed by atoms with E-state index in [1.807, 2.05) is 67.8 Å². The Kier molecular flexibility index (Phi) is 7.15. The van der Waals surface area contributed by atoms with Crippen molar-refractivity contribution in [2.75, 3.05) is 12.3 Å². The van der Waals surface area contributed by atoms with Gasteiger partial charge < -0.3 is 9.84 Å². The number of carbonyl (C=O) groups is 1. The molecule has 0 aliphatic carbocycles. The van der Waals surface area contributed by atoms with Crippen LogP contribution in [0.2, 0.25) is 0 Å². The number of benzene rings is 1. The third kappa shape index (κ3) is 5.22. The largest absolute Gasteiger partial charge is 0.360 e. The Morgan fingerprint density at radius 3 is 2.83 bits per heavy atom. The van der Waals surface area contributed by atoms with Crippen LogP contribution < -0.4 is 5.32 Å². The van der Waals surface area contributed by atoms with Gasteiger partial charge in [0.2, 0.25) is 5.91 Å². The van der Waals surface area contributed by atoms with Gasteiger partial charge in [0.25, 0.3) is 0 Å². The second kappa shape index (κ2) is 9.99. The lowest BCUT2D eigenvalue weighted by Gasteiger charge is -2.05. The standard InChI is InChI=1S/C23H24N4O2S/c1-16-12-19(18(3)27(16)22-13-17(2)29-26-22)8-9-23(28)25-10-11-30-15-21-7-5-4-6-20(21)14-24/h4-9,12-13H,10-11,15H2,1-3H3,(H,25,28)/b9-8+. The van der Waals surface area contributed by atoms with Crippen LogP contribution in [0, 0.1) is 32.1 Å². The minimum absolute atomic E-state index is 0.130. The fourth-order valence-corrected chi connectivity index (χ4v) is 4.04. The van der Waals surface area contributed by atoms with Gasteiger partial charge in [-0.15, -0.1) is 0 Å². The van der Waals surface area contributed by atoms with Crippen molar-refractivity contribution in [3.8, 4) is 11.9 Å². The average molecular weight is 421 g/mol. The molecular formula is C23H24N4O2S. The van der Waals surface area contributed by atoms with E-state index in [4.69, 9.17) is 9.78 Å². The van der Waals surface area contributed by atoms with Crippen LogP contribution >= 0.6 is 11.8 Å². The second-order valence-corrected chi connectivity index (χ2v) is 8.01. The molecule has 1 aromatic carbocycles. The highest BCUT2D eigenvalue weighted by atomic mass is 32.2. The van der Waals surface area contributed by atoms with Gasteiger partial charge in [0, 0.05) is 41.6 Å². The van der Waals surface area contributed by atoms with Gasteiger partial charge in [0.1, 0.15) is 5.76 Å². The van der Waals surface area contributed by atoms with Gasteiger partial charge in [-0.1, -0.05) is 23.4 Å². The van der Waals surface area contributed by atoms with Crippen molar-refractivity contribution in [2.24, 2.45) is 0 Å². The summed E-state index contributed by atoms with van der Waals surface area (Å²) in [5.41, 5.74) is 4.71. The highest BCUT2D eigenvalue weighted by molar-refractivity contribution is 7.98. The number of thioether (sulfide) groups is 1. The third-order valence-corrected chi connectivity index (χ3v) is 5.68. The Morgan fingerprint density at radius 2 is 2.10 bits per heavy atom. The van der Waals surface area contributed by atoms with E-state index in [9.17, 15) is 4.79 Å². The van der Waals surface area contributed by atoms with Crippen molar-refractivity contribution in [1.29, 1.82) is 5.26 Å². The van der Waals surface area contributed by atoms with E-state index in [1.165, 1.54) is 0 Å². The van der Waals surface area contributed by atoms with Crippen LogP contribution in [0.5, 0.6) is 0 Å². The molecule has 30 heavy (non-hydrogen) atoms. The second-order valence-electron chi connectivity index (χ2n) is 6.90. The quantitative estimate of drug-likeness (QED) is 0.433. The third-order valence-electron chi connectivity index (χ3n) is 4.67. The van der Waals surface area contributed by atoms with E-state index in [-0.39, 0.29) is 5.91 Å². The zero-order chi connectivity index (χ0) is 21.5. The van der Waals surface area contributed by atoms with Crippen molar-refractivity contribution in [2.45, 2.75) is 26.5 Å². The molecule has 2 aromatic heterocycles. The first-order valence-corrected chi connectivity index (χ1v) is 10.8. The molecule has 0 aliphatic heterocycles. The SMILES string of the molecule is Cc1cc(-n2c(C)cc(/C=C/C(=O)NCCSCc3ccccc3C#N)c2C)no1. The summed E-state index contributed by atoms with van der Waals surface area (Å²) in [6.45, 7) is 6.41. The molecule has 0 aliphatic rings. The van der Waals surface area contributed by atoms with E-state index < -0.39 is 0 Å². The number of aryl methyl sites for hydroxylation is 2. The number of nitrogens with zero attached hydrogens (tertiary/aromatic N) is 3. The van der Waals surface area contributed by atoms with Crippen LogP contribution in [0.1, 0.15) is 33.8 Å². The summed E-state index contributed by atoms with van der Waals surface area (Å²) >= 11 is 1.69. The lowest BCUT2D eigenvalue weighted by Crippen LogP contribution is -2.23. The van der Waals surface area contributed by atoms with E-state index in [0.717, 1.165) is 45.6 Å². The van der Waals surface area contributed by atoms with E-state index in [2.05, 4.69) is 16.5 Å². The first-order chi connectivity index (χ1) is 14.5. The summed E-state index contributed by atoms with van der Waals surface area (Å²) < 4.78 is 7.17. The van der Waals surface area contributed by atoms with E-state index in [0.29, 0.717) is 12.1 Å². The van der Waals surface area contributed by atoms with Crippen molar-refractivity contribution >= 4 is 23.7 Å². The van der Waals surface area contributed by atoms with Gasteiger partial charge >= 0.3 is 0 Å². The Morgan fingerprint density at radius 1 is 1.30 bits per heavy atom. The molecule has 1 N–H and O–H groups in total. The maximum Gasteiger partial charge on any atom is 0.244 e. The maximum absolute atomic E-state index is 12.1. The lowest BCUT2D eigenvalue weighted by molar-refractivity contribution is -0.116. The summed E-state index contributed by atoms with van der Waals surface area (Å²) in [6.07, 6.45) is 3.37. The Balaban J connectivity index is 1.49. The zero-order valence-electron chi connectivity index (χ0n) is 17.3. The van der Waals surface area contributed by atoms with Crippen LogP contribution in [-0.4, -0.2) is 27.9 Å². The topological polar surface area (TPSA) is 83.9 Å². The molecule has 2 heterocycles. The molecule has 0 unspecified atom stereocenters. The number of rotatable bonds is 8. The molecule has 0 fully saturated rings. The van der Waals surface area contributed by atoms with Crippen molar-refractivity contribution in [3.05, 3.63) is 76.3 Å². The molecule has 154 valence electrons. The molecule has 0 saturated carbocycles. The minimum atomic E-state index is -0.130. The van der Waals surface area contributed by atoms with E-state index >= 15 is 0 Å². The predicted molar refractivity (Wildman–Crippen MR) is 119 cm³/mol. The molecule has 3 rings (SSSR count). The molecule has 0 atom stereocenters. The molecule has 0 spiro atoms. The smallest absolute Gasteiger partial charge is 0.244 e. The summed E-state index contributed by atoms with van der Waals surface area (Å²) in [4.78, 5) is 12.1. The number of nitrogens with one attached hydrogen (secondary N) is 1. The van der Waals surface area contributed by atoms with Gasteiger partial charge in [-0.25, -0.2) is 0 Å². The van der Waals surface area contributed by atoms with Gasteiger partial charge in [-0.05, 0) is 50.1 Å². The van der Waals surface area contributed by atoms with Crippen LogP contribution in [-0.2, 0) is 10.5 Å². The first-order valence-electron chi connectivity index (χ1n) is 9.64. The van der Waals surface area contributed by atoms with Crippen molar-refractivity contribution in [1.82, 2.24) is 15.0 Å². The summed E-state index contributed by atoms with van der Waals surface area (Å²) in [5, 5.41) is 16.1. The highest BCUT2D eigenvalue weighted by Gasteiger charge is 2.12. The molecule has 0 bridgehead atoms. The van der Waals surface area contributed by atoms with Gasteiger partial charge in [0.05, 0.1) is 11.6 Å². The minimum Gasteiger partial charge on any atom is -0.360 e. The summed E-state index contributed by atoms with van der Waals surface area (Å²) in [7, 11) is 0. The molecular weight excluding hydrogens is 396 g/mol. The molecule has 7 heteroatoms. The van der Waals surface area contributed by atoms with Crippen LogP contribution in [0.25, 0.3) is 11.9 Å². The Labute approximate surface area is 180 Å². The lowest BCUT2D eigenvalue weighted by atomic mass is 10.1. The Hall–Kier alpha value is -3.24. The molecule has 0 radical (unpaired) electrons. The summed E-state index contributed by atoms with van der Waals surface area (Å²) in [5.74, 6) is 2.89. The fraction of sp³-hybridized carbons (Fsp3) is 0.261. The number of aromatic nitrogens is 2. The van der Waals surface area contributed by atoms with Crippen LogP contribution in [0.3, 0.4) is 0 Å². The number of hydrogen-bond donors (Lipinski definition) is 1. The number of amides is 1. The van der Waals surface area contributed by atoms with Gasteiger partial charge in [-0.3, -0.25) is 9.36 Å². The molecule has 6 nitrogen and oxygen atoms in total. The number of hydrogen-bond acceptors (Lipinski definition) is 5. The maximum atomic E-state index is 12.1. The number of carbonyl (C=O) groups excluding carboxylic acids is 1. The average Bonchev–Trinajstić information content (AvgIpc) is 3.28. The van der Waals surface area contributed by atoms with E-state index in [1.54, 1.807) is 17.8 Å². The van der Waals surface area contributed by atoms with Gasteiger partial charge in [0.15, 0.2) is 5.82 Å². The zero-order valence-corrected chi connectivity index (χ0v) is 18.1. The normalized spacial score (nSPS) is 11.0. The Bertz CT molecular complexity index is 1100. The van der Waals surface area contributed by atoms with Gasteiger partial charge in [-0.2, -0.15) is 17.0 Å². The van der Waals surface area contributed by atoms with Crippen LogP contribution in [0.15, 0.2) is 47.0 Å². The molecule has 0 saturated heterocycles. The number of nitriles is 1.